The van der Waals surface area contributed by atoms with Gasteiger partial charge in [0.25, 0.3) is 0 Å². The van der Waals surface area contributed by atoms with Crippen LogP contribution in [0.25, 0.3) is 11.3 Å². The minimum absolute atomic E-state index is 0.539. The van der Waals surface area contributed by atoms with E-state index in [-0.39, 0.29) is 0 Å². The van der Waals surface area contributed by atoms with Gasteiger partial charge >= 0.3 is 0 Å². The molecule has 1 unspecified atom stereocenters. The summed E-state index contributed by atoms with van der Waals surface area (Å²) in [7, 11) is 2.02. The van der Waals surface area contributed by atoms with Crippen LogP contribution in [-0.2, 0) is 13.6 Å². The van der Waals surface area contributed by atoms with Crippen LogP contribution in [0.5, 0.6) is 0 Å². The molecule has 1 aromatic heterocycles. The maximum absolute atomic E-state index is 4.35. The Morgan fingerprint density at radius 3 is 2.91 bits per heavy atom. The van der Waals surface area contributed by atoms with Crippen LogP contribution >= 0.6 is 0 Å². The lowest BCUT2D eigenvalue weighted by Crippen LogP contribution is -2.29. The summed E-state index contributed by atoms with van der Waals surface area (Å²) in [6.07, 6.45) is 4.56. The first kappa shape index (κ1) is 14.9. The fourth-order valence-corrected chi connectivity index (χ4v) is 4.25. The third kappa shape index (κ3) is 2.81. The molecule has 0 saturated carbocycles. The van der Waals surface area contributed by atoms with Crippen molar-refractivity contribution in [2.45, 2.75) is 26.3 Å². The Morgan fingerprint density at radius 2 is 2.17 bits per heavy atom. The molecule has 2 fully saturated rings. The van der Waals surface area contributed by atoms with Gasteiger partial charge in [0.1, 0.15) is 0 Å². The van der Waals surface area contributed by atoms with Gasteiger partial charge in [-0.3, -0.25) is 9.58 Å². The fourth-order valence-electron chi connectivity index (χ4n) is 4.25. The first-order chi connectivity index (χ1) is 11.2. The second-order valence-corrected chi connectivity index (χ2v) is 7.39. The molecular formula is C19H26N4. The van der Waals surface area contributed by atoms with Crippen molar-refractivity contribution < 1.29 is 0 Å². The summed E-state index contributed by atoms with van der Waals surface area (Å²) >= 11 is 0. The topological polar surface area (TPSA) is 33.1 Å². The molecule has 4 nitrogen and oxygen atoms in total. The van der Waals surface area contributed by atoms with Crippen molar-refractivity contribution in [3.05, 3.63) is 41.6 Å². The van der Waals surface area contributed by atoms with Crippen molar-refractivity contribution in [2.24, 2.45) is 12.5 Å². The van der Waals surface area contributed by atoms with Crippen LogP contribution in [0, 0.1) is 12.3 Å². The summed E-state index contributed by atoms with van der Waals surface area (Å²) in [4.78, 5) is 2.64. The molecule has 0 bridgehead atoms. The summed E-state index contributed by atoms with van der Waals surface area (Å²) in [6.45, 7) is 8.06. The quantitative estimate of drug-likeness (QED) is 0.946. The summed E-state index contributed by atoms with van der Waals surface area (Å²) in [5, 5.41) is 7.90. The van der Waals surface area contributed by atoms with Gasteiger partial charge in [-0.05, 0) is 56.0 Å². The van der Waals surface area contributed by atoms with E-state index >= 15 is 0 Å². The zero-order chi connectivity index (χ0) is 15.9. The fraction of sp³-hybridized carbons (Fsp3) is 0.526. The van der Waals surface area contributed by atoms with Crippen LogP contribution < -0.4 is 5.32 Å². The average Bonchev–Trinajstić information content (AvgIpc) is 3.25. The van der Waals surface area contributed by atoms with E-state index in [4.69, 9.17) is 0 Å². The van der Waals surface area contributed by atoms with Crippen LogP contribution in [0.4, 0.5) is 0 Å². The molecule has 4 rings (SSSR count). The van der Waals surface area contributed by atoms with Crippen molar-refractivity contribution in [2.75, 3.05) is 26.2 Å². The van der Waals surface area contributed by atoms with Crippen molar-refractivity contribution in [1.29, 1.82) is 0 Å². The van der Waals surface area contributed by atoms with Crippen LogP contribution in [0.15, 0.2) is 30.5 Å². The molecule has 122 valence electrons. The van der Waals surface area contributed by atoms with E-state index in [1.54, 1.807) is 0 Å². The second-order valence-electron chi connectivity index (χ2n) is 7.39. The number of nitrogens with zero attached hydrogens (tertiary/aromatic N) is 3. The number of hydrogen-bond donors (Lipinski definition) is 1. The minimum Gasteiger partial charge on any atom is -0.316 e. The highest BCUT2D eigenvalue weighted by molar-refractivity contribution is 5.64. The van der Waals surface area contributed by atoms with Crippen LogP contribution in [0.2, 0.25) is 0 Å². The van der Waals surface area contributed by atoms with Crippen molar-refractivity contribution >= 4 is 0 Å². The van der Waals surface area contributed by atoms with Gasteiger partial charge in [0.15, 0.2) is 0 Å². The molecule has 1 N–H and O–H groups in total. The molecule has 4 heteroatoms. The summed E-state index contributed by atoms with van der Waals surface area (Å²) in [6, 6.07) is 8.95. The van der Waals surface area contributed by atoms with Gasteiger partial charge in [0, 0.05) is 38.4 Å². The number of benzene rings is 1. The standard InChI is InChI=1S/C19H26N4/c1-15-3-4-16(17(11-15)18-5-8-21-22(18)2)12-23-10-7-19(14-23)6-9-20-13-19/h3-5,8,11,20H,6-7,9-10,12-14H2,1-2H3. The third-order valence-electron chi connectivity index (χ3n) is 5.61. The summed E-state index contributed by atoms with van der Waals surface area (Å²) in [5.41, 5.74) is 5.80. The molecule has 1 spiro atoms. The van der Waals surface area contributed by atoms with Crippen molar-refractivity contribution in [3.63, 3.8) is 0 Å². The maximum Gasteiger partial charge on any atom is 0.0682 e. The number of hydrogen-bond acceptors (Lipinski definition) is 3. The van der Waals surface area contributed by atoms with Crippen molar-refractivity contribution in [1.82, 2.24) is 20.0 Å². The minimum atomic E-state index is 0.539. The highest BCUT2D eigenvalue weighted by Crippen LogP contribution is 2.37. The zero-order valence-corrected chi connectivity index (χ0v) is 14.2. The highest BCUT2D eigenvalue weighted by Gasteiger charge is 2.40. The summed E-state index contributed by atoms with van der Waals surface area (Å²) in [5.74, 6) is 0. The van der Waals surface area contributed by atoms with Gasteiger partial charge in [0.05, 0.1) is 5.69 Å². The number of aryl methyl sites for hydroxylation is 2. The maximum atomic E-state index is 4.35. The van der Waals surface area contributed by atoms with Gasteiger partial charge in [-0.25, -0.2) is 0 Å². The Kier molecular flexibility index (Phi) is 3.74. The second kappa shape index (κ2) is 5.77. The van der Waals surface area contributed by atoms with E-state index in [2.05, 4.69) is 46.5 Å². The van der Waals surface area contributed by atoms with E-state index < -0.39 is 0 Å². The van der Waals surface area contributed by atoms with E-state index in [1.165, 1.54) is 61.4 Å². The molecule has 2 aliphatic rings. The normalized spacial score (nSPS) is 24.8. The van der Waals surface area contributed by atoms with Crippen LogP contribution in [0.3, 0.4) is 0 Å². The predicted molar refractivity (Wildman–Crippen MR) is 93.2 cm³/mol. The smallest absolute Gasteiger partial charge is 0.0682 e. The number of nitrogens with one attached hydrogen (secondary N) is 1. The molecular weight excluding hydrogens is 284 g/mol. The van der Waals surface area contributed by atoms with Crippen LogP contribution in [0.1, 0.15) is 24.0 Å². The molecule has 0 aliphatic carbocycles. The molecule has 2 aliphatic heterocycles. The predicted octanol–water partition coefficient (Wildman–Crippen LogP) is 2.58. The SMILES string of the molecule is Cc1ccc(CN2CCC3(CCNC3)C2)c(-c2ccnn2C)c1. The molecule has 2 saturated heterocycles. The Balaban J connectivity index is 1.59. The first-order valence-electron chi connectivity index (χ1n) is 8.66. The van der Waals surface area contributed by atoms with Gasteiger partial charge in [-0.15, -0.1) is 0 Å². The zero-order valence-electron chi connectivity index (χ0n) is 14.2. The van der Waals surface area contributed by atoms with Gasteiger partial charge < -0.3 is 5.32 Å². The van der Waals surface area contributed by atoms with Gasteiger partial charge in [-0.1, -0.05) is 17.7 Å². The van der Waals surface area contributed by atoms with Gasteiger partial charge in [-0.2, -0.15) is 5.10 Å². The molecule has 0 amide bonds. The van der Waals surface area contributed by atoms with Crippen LogP contribution in [-0.4, -0.2) is 40.9 Å². The summed E-state index contributed by atoms with van der Waals surface area (Å²) < 4.78 is 1.98. The molecule has 23 heavy (non-hydrogen) atoms. The number of rotatable bonds is 3. The molecule has 3 heterocycles. The molecule has 0 radical (unpaired) electrons. The number of aromatic nitrogens is 2. The number of likely N-dealkylation sites (tertiary alicyclic amines) is 1. The Bertz CT molecular complexity index is 697. The van der Waals surface area contributed by atoms with E-state index in [0.717, 1.165) is 6.54 Å². The first-order valence-corrected chi connectivity index (χ1v) is 8.66. The lowest BCUT2D eigenvalue weighted by Gasteiger charge is -2.23. The average molecular weight is 310 g/mol. The highest BCUT2D eigenvalue weighted by atomic mass is 15.3. The third-order valence-corrected chi connectivity index (χ3v) is 5.61. The lowest BCUT2D eigenvalue weighted by atomic mass is 9.86. The Hall–Kier alpha value is -1.65. The Labute approximate surface area is 138 Å². The van der Waals surface area contributed by atoms with Gasteiger partial charge in [0.2, 0.25) is 0 Å². The van der Waals surface area contributed by atoms with E-state index in [1.807, 2.05) is 17.9 Å². The monoisotopic (exact) mass is 310 g/mol. The van der Waals surface area contributed by atoms with E-state index in [0.29, 0.717) is 5.41 Å². The van der Waals surface area contributed by atoms with E-state index in [9.17, 15) is 0 Å². The molecule has 2 aromatic rings. The molecule has 1 aromatic carbocycles. The largest absolute Gasteiger partial charge is 0.316 e. The van der Waals surface area contributed by atoms with Crippen molar-refractivity contribution in [3.8, 4) is 11.3 Å². The lowest BCUT2D eigenvalue weighted by molar-refractivity contribution is 0.269. The molecule has 1 atom stereocenters. The Morgan fingerprint density at radius 1 is 1.26 bits per heavy atom.